The summed E-state index contributed by atoms with van der Waals surface area (Å²) in [6.45, 7) is 4.21. The molecule has 6 heteroatoms. The Morgan fingerprint density at radius 1 is 1.20 bits per heavy atom. The van der Waals surface area contributed by atoms with Crippen LogP contribution >= 0.6 is 23.1 Å². The van der Waals surface area contributed by atoms with E-state index in [1.807, 2.05) is 11.4 Å². The Balaban J connectivity index is 2.07. The predicted molar refractivity (Wildman–Crippen MR) is 85.3 cm³/mol. The van der Waals surface area contributed by atoms with Crippen molar-refractivity contribution in [1.82, 2.24) is 9.97 Å². The normalized spacial score (nSPS) is 10.9. The second-order valence-electron chi connectivity index (χ2n) is 4.51. The van der Waals surface area contributed by atoms with E-state index in [0.717, 1.165) is 15.2 Å². The fourth-order valence-corrected chi connectivity index (χ4v) is 3.79. The molecule has 0 spiro atoms. The topological polar surface area (TPSA) is 63.8 Å². The summed E-state index contributed by atoms with van der Waals surface area (Å²) in [5.41, 5.74) is 5.04. The van der Waals surface area contributed by atoms with Crippen LogP contribution in [0, 0.1) is 13.8 Å². The SMILES string of the molecule is Cc1ccc(Sc2nc(NN)nc3sccc23)c(C)c1. The summed E-state index contributed by atoms with van der Waals surface area (Å²) in [4.78, 5) is 11.0. The first-order valence-electron chi connectivity index (χ1n) is 6.14. The molecule has 0 radical (unpaired) electrons. The maximum Gasteiger partial charge on any atom is 0.239 e. The molecule has 0 aliphatic rings. The Morgan fingerprint density at radius 3 is 2.80 bits per heavy atom. The standard InChI is InChI=1S/C14H14N4S2/c1-8-3-4-11(9(2)7-8)20-13-10-5-6-19-12(10)16-14(17-13)18-15/h3-7H,15H2,1-2H3,(H,16,17,18). The van der Waals surface area contributed by atoms with Crippen LogP contribution in [0.3, 0.4) is 0 Å². The number of nitrogens with two attached hydrogens (primary N) is 1. The van der Waals surface area contributed by atoms with Gasteiger partial charge in [-0.2, -0.15) is 0 Å². The summed E-state index contributed by atoms with van der Waals surface area (Å²) in [6.07, 6.45) is 0. The first-order valence-corrected chi connectivity index (χ1v) is 7.84. The van der Waals surface area contributed by atoms with Crippen molar-refractivity contribution in [2.75, 3.05) is 5.43 Å². The van der Waals surface area contributed by atoms with Crippen molar-refractivity contribution < 1.29 is 0 Å². The fraction of sp³-hybridized carbons (Fsp3) is 0.143. The minimum Gasteiger partial charge on any atom is -0.292 e. The average molecular weight is 302 g/mol. The smallest absolute Gasteiger partial charge is 0.239 e. The molecule has 0 aliphatic heterocycles. The van der Waals surface area contributed by atoms with Crippen LogP contribution in [-0.4, -0.2) is 9.97 Å². The fourth-order valence-electron chi connectivity index (χ4n) is 1.99. The lowest BCUT2D eigenvalue weighted by Gasteiger charge is -2.08. The number of fused-ring (bicyclic) bond motifs is 1. The number of nitrogens with one attached hydrogen (secondary N) is 1. The van der Waals surface area contributed by atoms with Crippen LogP contribution in [0.15, 0.2) is 39.6 Å². The lowest BCUT2D eigenvalue weighted by molar-refractivity contribution is 1.07. The Bertz CT molecular complexity index is 767. The van der Waals surface area contributed by atoms with E-state index in [1.165, 1.54) is 16.0 Å². The lowest BCUT2D eigenvalue weighted by Crippen LogP contribution is -2.10. The molecule has 3 N–H and O–H groups in total. The third kappa shape index (κ3) is 2.49. The summed E-state index contributed by atoms with van der Waals surface area (Å²) in [6, 6.07) is 8.47. The van der Waals surface area contributed by atoms with Gasteiger partial charge in [0.2, 0.25) is 5.95 Å². The Hall–Kier alpha value is -1.63. The first-order chi connectivity index (χ1) is 9.67. The zero-order valence-electron chi connectivity index (χ0n) is 11.2. The zero-order valence-corrected chi connectivity index (χ0v) is 12.8. The highest BCUT2D eigenvalue weighted by atomic mass is 32.2. The van der Waals surface area contributed by atoms with E-state index >= 15 is 0 Å². The minimum atomic E-state index is 0.451. The van der Waals surface area contributed by atoms with Crippen molar-refractivity contribution in [2.45, 2.75) is 23.8 Å². The van der Waals surface area contributed by atoms with Gasteiger partial charge >= 0.3 is 0 Å². The molecule has 2 aromatic heterocycles. The molecule has 0 aliphatic carbocycles. The van der Waals surface area contributed by atoms with E-state index in [-0.39, 0.29) is 0 Å². The molecule has 102 valence electrons. The maximum atomic E-state index is 5.44. The van der Waals surface area contributed by atoms with Gasteiger partial charge in [-0.25, -0.2) is 15.8 Å². The molecule has 0 amide bonds. The van der Waals surface area contributed by atoms with Crippen LogP contribution in [-0.2, 0) is 0 Å². The number of hydrogen-bond donors (Lipinski definition) is 2. The van der Waals surface area contributed by atoms with Gasteiger partial charge in [-0.1, -0.05) is 29.5 Å². The molecule has 3 aromatic rings. The number of nitrogen functional groups attached to an aromatic ring is 1. The Kier molecular flexibility index (Phi) is 3.60. The molecule has 0 unspecified atom stereocenters. The second-order valence-corrected chi connectivity index (χ2v) is 6.43. The van der Waals surface area contributed by atoms with Gasteiger partial charge in [0.15, 0.2) is 0 Å². The largest absolute Gasteiger partial charge is 0.292 e. The number of rotatable bonds is 3. The van der Waals surface area contributed by atoms with Crippen molar-refractivity contribution >= 4 is 39.3 Å². The van der Waals surface area contributed by atoms with Gasteiger partial charge in [0, 0.05) is 10.3 Å². The first kappa shape index (κ1) is 13.4. The van der Waals surface area contributed by atoms with Gasteiger partial charge in [-0.3, -0.25) is 5.43 Å². The van der Waals surface area contributed by atoms with Gasteiger partial charge < -0.3 is 0 Å². The second kappa shape index (κ2) is 5.40. The van der Waals surface area contributed by atoms with E-state index in [0.29, 0.717) is 5.95 Å². The summed E-state index contributed by atoms with van der Waals surface area (Å²) in [7, 11) is 0. The number of aromatic nitrogens is 2. The molecular formula is C14H14N4S2. The van der Waals surface area contributed by atoms with Gasteiger partial charge in [-0.05, 0) is 36.9 Å². The molecule has 0 saturated heterocycles. The summed E-state index contributed by atoms with van der Waals surface area (Å²) in [5.74, 6) is 5.89. The molecular weight excluding hydrogens is 288 g/mol. The molecule has 1 aromatic carbocycles. The minimum absolute atomic E-state index is 0.451. The molecule has 0 atom stereocenters. The van der Waals surface area contributed by atoms with E-state index in [2.05, 4.69) is 47.4 Å². The molecule has 3 rings (SSSR count). The van der Waals surface area contributed by atoms with Crippen molar-refractivity contribution in [3.63, 3.8) is 0 Å². The van der Waals surface area contributed by atoms with Crippen LogP contribution in [0.1, 0.15) is 11.1 Å². The number of anilines is 1. The van der Waals surface area contributed by atoms with E-state index in [1.54, 1.807) is 23.1 Å². The van der Waals surface area contributed by atoms with E-state index in [9.17, 15) is 0 Å². The summed E-state index contributed by atoms with van der Waals surface area (Å²) < 4.78 is 0. The predicted octanol–water partition coefficient (Wildman–Crippen LogP) is 3.74. The van der Waals surface area contributed by atoms with Crippen LogP contribution in [0.25, 0.3) is 10.2 Å². The average Bonchev–Trinajstić information content (AvgIpc) is 2.90. The number of nitrogens with zero attached hydrogens (tertiary/aromatic N) is 2. The molecule has 4 nitrogen and oxygen atoms in total. The molecule has 0 saturated carbocycles. The number of thiophene rings is 1. The van der Waals surface area contributed by atoms with Crippen LogP contribution in [0.2, 0.25) is 0 Å². The summed E-state index contributed by atoms with van der Waals surface area (Å²) >= 11 is 3.23. The van der Waals surface area contributed by atoms with Crippen LogP contribution < -0.4 is 11.3 Å². The number of benzene rings is 1. The van der Waals surface area contributed by atoms with Crippen LogP contribution in [0.4, 0.5) is 5.95 Å². The molecule has 0 bridgehead atoms. The van der Waals surface area contributed by atoms with Gasteiger partial charge in [-0.15, -0.1) is 11.3 Å². The highest BCUT2D eigenvalue weighted by Gasteiger charge is 2.11. The van der Waals surface area contributed by atoms with Crippen molar-refractivity contribution in [3.05, 3.63) is 40.8 Å². The Labute approximate surface area is 125 Å². The Morgan fingerprint density at radius 2 is 2.05 bits per heavy atom. The molecule has 2 heterocycles. The van der Waals surface area contributed by atoms with Crippen molar-refractivity contribution in [2.24, 2.45) is 5.84 Å². The highest BCUT2D eigenvalue weighted by molar-refractivity contribution is 7.99. The third-order valence-corrected chi connectivity index (χ3v) is 4.95. The lowest BCUT2D eigenvalue weighted by atomic mass is 10.2. The summed E-state index contributed by atoms with van der Waals surface area (Å²) in [5, 5.41) is 4.02. The van der Waals surface area contributed by atoms with E-state index in [4.69, 9.17) is 5.84 Å². The van der Waals surface area contributed by atoms with Gasteiger partial charge in [0.25, 0.3) is 0 Å². The molecule has 0 fully saturated rings. The van der Waals surface area contributed by atoms with Crippen molar-refractivity contribution in [3.8, 4) is 0 Å². The quantitative estimate of drug-likeness (QED) is 0.438. The van der Waals surface area contributed by atoms with Gasteiger partial charge in [0.05, 0.1) is 0 Å². The number of hydrazine groups is 1. The maximum absolute atomic E-state index is 5.44. The third-order valence-electron chi connectivity index (χ3n) is 2.96. The molecule has 20 heavy (non-hydrogen) atoms. The van der Waals surface area contributed by atoms with Gasteiger partial charge in [0.1, 0.15) is 9.86 Å². The number of aryl methyl sites for hydroxylation is 2. The zero-order chi connectivity index (χ0) is 14.1. The van der Waals surface area contributed by atoms with Crippen molar-refractivity contribution in [1.29, 1.82) is 0 Å². The number of hydrogen-bond acceptors (Lipinski definition) is 6. The highest BCUT2D eigenvalue weighted by Crippen LogP contribution is 2.35. The monoisotopic (exact) mass is 302 g/mol. The van der Waals surface area contributed by atoms with Crippen LogP contribution in [0.5, 0.6) is 0 Å². The van der Waals surface area contributed by atoms with E-state index < -0.39 is 0 Å².